The van der Waals surface area contributed by atoms with E-state index in [4.69, 9.17) is 5.73 Å². The molecule has 5 heteroatoms. The van der Waals surface area contributed by atoms with Gasteiger partial charge in [-0.1, -0.05) is 0 Å². The second-order valence-electron chi connectivity index (χ2n) is 4.60. The summed E-state index contributed by atoms with van der Waals surface area (Å²) in [5.41, 5.74) is 7.11. The predicted octanol–water partition coefficient (Wildman–Crippen LogP) is 4.16. The molecule has 0 fully saturated rings. The van der Waals surface area contributed by atoms with Gasteiger partial charge >= 0.3 is 0 Å². The number of ketones is 1. The monoisotopic (exact) mass is 339 g/mol. The van der Waals surface area contributed by atoms with Gasteiger partial charge in [0.1, 0.15) is 11.6 Å². The minimum Gasteiger partial charge on any atom is -0.396 e. The molecule has 0 aliphatic carbocycles. The van der Waals surface area contributed by atoms with E-state index in [1.807, 2.05) is 0 Å². The Balaban J connectivity index is 2.61. The van der Waals surface area contributed by atoms with Gasteiger partial charge in [0.25, 0.3) is 0 Å². The van der Waals surface area contributed by atoms with E-state index < -0.39 is 11.6 Å². The number of nitrogens with two attached hydrogens (primary N) is 1. The van der Waals surface area contributed by atoms with Gasteiger partial charge in [-0.25, -0.2) is 8.78 Å². The lowest BCUT2D eigenvalue weighted by atomic mass is 9.94. The van der Waals surface area contributed by atoms with Gasteiger partial charge in [0, 0.05) is 15.6 Å². The van der Waals surface area contributed by atoms with Crippen molar-refractivity contribution in [2.24, 2.45) is 0 Å². The number of rotatable bonds is 2. The Hall–Kier alpha value is -1.75. The first-order chi connectivity index (χ1) is 9.31. The third-order valence-electron chi connectivity index (χ3n) is 3.06. The van der Waals surface area contributed by atoms with Crippen LogP contribution in [0.5, 0.6) is 0 Å². The number of halogens is 3. The maximum atomic E-state index is 13.3. The number of anilines is 1. The van der Waals surface area contributed by atoms with Gasteiger partial charge in [-0.2, -0.15) is 0 Å². The second-order valence-corrected chi connectivity index (χ2v) is 5.45. The molecule has 0 aliphatic rings. The minimum atomic E-state index is -0.596. The van der Waals surface area contributed by atoms with E-state index in [0.29, 0.717) is 21.2 Å². The number of carbonyl (C=O) groups excluding carboxylic acids is 1. The van der Waals surface area contributed by atoms with Gasteiger partial charge in [0.2, 0.25) is 0 Å². The van der Waals surface area contributed by atoms with Crippen LogP contribution in [-0.4, -0.2) is 5.78 Å². The topological polar surface area (TPSA) is 43.1 Å². The van der Waals surface area contributed by atoms with Crippen molar-refractivity contribution in [2.45, 2.75) is 13.8 Å². The maximum absolute atomic E-state index is 13.3. The SMILES string of the molecule is Cc1cc(F)cc(C)c1C(=O)c1cc(N)c(F)cc1Br. The Labute approximate surface area is 123 Å². The van der Waals surface area contributed by atoms with Gasteiger partial charge in [-0.3, -0.25) is 4.79 Å². The largest absolute Gasteiger partial charge is 0.396 e. The van der Waals surface area contributed by atoms with Crippen LogP contribution in [0, 0.1) is 25.5 Å². The van der Waals surface area contributed by atoms with Gasteiger partial charge in [0.05, 0.1) is 5.69 Å². The first-order valence-corrected chi connectivity index (χ1v) is 6.66. The lowest BCUT2D eigenvalue weighted by Gasteiger charge is -2.11. The Morgan fingerprint density at radius 3 is 2.20 bits per heavy atom. The van der Waals surface area contributed by atoms with E-state index in [1.165, 1.54) is 18.2 Å². The molecule has 0 bridgehead atoms. The van der Waals surface area contributed by atoms with Gasteiger partial charge < -0.3 is 5.73 Å². The lowest BCUT2D eigenvalue weighted by molar-refractivity contribution is 0.103. The van der Waals surface area contributed by atoms with Gasteiger partial charge in [-0.15, -0.1) is 0 Å². The fourth-order valence-electron chi connectivity index (χ4n) is 2.14. The van der Waals surface area contributed by atoms with Crippen molar-refractivity contribution < 1.29 is 13.6 Å². The molecule has 0 saturated heterocycles. The zero-order valence-electron chi connectivity index (χ0n) is 10.9. The number of aryl methyl sites for hydroxylation is 2. The fraction of sp³-hybridized carbons (Fsp3) is 0.133. The zero-order chi connectivity index (χ0) is 15.0. The van der Waals surface area contributed by atoms with Crippen LogP contribution in [0.15, 0.2) is 28.7 Å². The summed E-state index contributed by atoms with van der Waals surface area (Å²) in [6, 6.07) is 5.02. The molecule has 20 heavy (non-hydrogen) atoms. The van der Waals surface area contributed by atoms with Crippen LogP contribution in [0.1, 0.15) is 27.0 Å². The molecule has 0 radical (unpaired) electrons. The molecule has 2 aromatic rings. The summed E-state index contributed by atoms with van der Waals surface area (Å²) in [4.78, 5) is 12.6. The van der Waals surface area contributed by atoms with Crippen LogP contribution >= 0.6 is 15.9 Å². The summed E-state index contributed by atoms with van der Waals surface area (Å²) in [6.07, 6.45) is 0. The molecular formula is C15H12BrF2NO. The van der Waals surface area contributed by atoms with Crippen LogP contribution < -0.4 is 5.73 Å². The van der Waals surface area contributed by atoms with Crippen LogP contribution in [0.4, 0.5) is 14.5 Å². The van der Waals surface area contributed by atoms with Gasteiger partial charge in [-0.05, 0) is 65.2 Å². The molecule has 0 heterocycles. The van der Waals surface area contributed by atoms with Crippen LogP contribution in [0.3, 0.4) is 0 Å². The first-order valence-electron chi connectivity index (χ1n) is 5.87. The summed E-state index contributed by atoms with van der Waals surface area (Å²) in [5, 5.41) is 0. The highest BCUT2D eigenvalue weighted by Crippen LogP contribution is 2.27. The summed E-state index contributed by atoms with van der Waals surface area (Å²) >= 11 is 3.15. The normalized spacial score (nSPS) is 10.7. The third kappa shape index (κ3) is 2.58. The number of benzene rings is 2. The maximum Gasteiger partial charge on any atom is 0.194 e. The quantitative estimate of drug-likeness (QED) is 0.659. The summed E-state index contributed by atoms with van der Waals surface area (Å²) in [5.74, 6) is -1.31. The Morgan fingerprint density at radius 2 is 1.65 bits per heavy atom. The summed E-state index contributed by atoms with van der Waals surface area (Å²) < 4.78 is 26.9. The first kappa shape index (κ1) is 14.7. The van der Waals surface area contributed by atoms with E-state index in [0.717, 1.165) is 6.07 Å². The molecule has 2 N–H and O–H groups in total. The predicted molar refractivity (Wildman–Crippen MR) is 77.8 cm³/mol. The zero-order valence-corrected chi connectivity index (χ0v) is 12.5. The van der Waals surface area contributed by atoms with E-state index in [1.54, 1.807) is 13.8 Å². The molecule has 2 aromatic carbocycles. The minimum absolute atomic E-state index is 0.103. The van der Waals surface area contributed by atoms with Crippen LogP contribution in [0.25, 0.3) is 0 Å². The Kier molecular flexibility index (Phi) is 3.90. The fourth-order valence-corrected chi connectivity index (χ4v) is 2.64. The molecule has 0 aliphatic heterocycles. The Morgan fingerprint density at radius 1 is 1.10 bits per heavy atom. The van der Waals surface area contributed by atoms with Crippen molar-refractivity contribution in [2.75, 3.05) is 5.73 Å². The molecule has 0 saturated carbocycles. The highest BCUT2D eigenvalue weighted by molar-refractivity contribution is 9.10. The molecule has 0 atom stereocenters. The summed E-state index contributed by atoms with van der Waals surface area (Å²) in [7, 11) is 0. The lowest BCUT2D eigenvalue weighted by Crippen LogP contribution is -2.09. The van der Waals surface area contributed by atoms with E-state index in [9.17, 15) is 13.6 Å². The van der Waals surface area contributed by atoms with E-state index >= 15 is 0 Å². The molecule has 0 spiro atoms. The molecule has 0 unspecified atom stereocenters. The number of hydrogen-bond acceptors (Lipinski definition) is 2. The van der Waals surface area contributed by atoms with Crippen molar-refractivity contribution in [3.63, 3.8) is 0 Å². The molecule has 2 rings (SSSR count). The average Bonchev–Trinajstić information content (AvgIpc) is 2.32. The highest BCUT2D eigenvalue weighted by Gasteiger charge is 2.19. The molecule has 0 aromatic heterocycles. The van der Waals surface area contributed by atoms with E-state index in [2.05, 4.69) is 15.9 Å². The van der Waals surface area contributed by atoms with E-state index in [-0.39, 0.29) is 17.0 Å². The molecular weight excluding hydrogens is 328 g/mol. The van der Waals surface area contributed by atoms with Crippen molar-refractivity contribution in [1.29, 1.82) is 0 Å². The molecule has 0 amide bonds. The number of carbonyl (C=O) groups is 1. The smallest absolute Gasteiger partial charge is 0.194 e. The third-order valence-corrected chi connectivity index (χ3v) is 3.71. The van der Waals surface area contributed by atoms with Crippen molar-refractivity contribution in [3.05, 3.63) is 62.6 Å². The van der Waals surface area contributed by atoms with Crippen molar-refractivity contribution in [1.82, 2.24) is 0 Å². The Bertz CT molecular complexity index is 690. The second kappa shape index (κ2) is 5.32. The average molecular weight is 340 g/mol. The summed E-state index contributed by atoms with van der Waals surface area (Å²) in [6.45, 7) is 3.31. The van der Waals surface area contributed by atoms with Gasteiger partial charge in [0.15, 0.2) is 5.78 Å². The van der Waals surface area contributed by atoms with Crippen molar-refractivity contribution >= 4 is 27.4 Å². The molecule has 104 valence electrons. The number of nitrogen functional groups attached to an aromatic ring is 1. The molecule has 2 nitrogen and oxygen atoms in total. The van der Waals surface area contributed by atoms with Crippen molar-refractivity contribution in [3.8, 4) is 0 Å². The standard InChI is InChI=1S/C15H12BrF2NO/c1-7-3-9(17)4-8(2)14(7)15(20)10-5-13(19)12(18)6-11(10)16/h3-6H,19H2,1-2H3. The number of hydrogen-bond donors (Lipinski definition) is 1. The van der Waals surface area contributed by atoms with Crippen LogP contribution in [0.2, 0.25) is 0 Å². The highest BCUT2D eigenvalue weighted by atomic mass is 79.9. The van der Waals surface area contributed by atoms with Crippen LogP contribution in [-0.2, 0) is 0 Å².